The Morgan fingerprint density at radius 1 is 1.03 bits per heavy atom. The van der Waals surface area contributed by atoms with Crippen molar-refractivity contribution in [3.05, 3.63) is 83.4 Å². The summed E-state index contributed by atoms with van der Waals surface area (Å²) in [5.41, 5.74) is 0.0624. The Balaban J connectivity index is 1.70. The summed E-state index contributed by atoms with van der Waals surface area (Å²) in [6.45, 7) is 0. The zero-order valence-corrected chi connectivity index (χ0v) is 17.6. The van der Waals surface area contributed by atoms with Gasteiger partial charge in [0.25, 0.3) is 5.91 Å². The minimum absolute atomic E-state index is 0.107. The average molecular weight is 456 g/mol. The standard InChI is InChI=1S/C23H19F3N4O3/c1-30(18-8-4-7-17(14-18)23(24,25)26)22(32)16-6-3-5-15(13-16)9-11-20(31)27-19-10-12-21(33-2)29-28-19/h3-14H,1-2H3,(H,27,28,31)/b11-9+. The van der Waals surface area contributed by atoms with Gasteiger partial charge in [-0.3, -0.25) is 9.59 Å². The quantitative estimate of drug-likeness (QED) is 0.555. The van der Waals surface area contributed by atoms with E-state index in [1.54, 1.807) is 18.2 Å². The van der Waals surface area contributed by atoms with E-state index in [9.17, 15) is 22.8 Å². The number of amides is 2. The number of carbonyl (C=O) groups excluding carboxylic acids is 2. The van der Waals surface area contributed by atoms with E-state index in [2.05, 4.69) is 15.5 Å². The number of nitrogens with one attached hydrogen (secondary N) is 1. The third-order valence-electron chi connectivity index (χ3n) is 4.53. The molecule has 1 aromatic heterocycles. The summed E-state index contributed by atoms with van der Waals surface area (Å²) < 4.78 is 43.8. The number of anilines is 2. The second-order valence-electron chi connectivity index (χ2n) is 6.82. The van der Waals surface area contributed by atoms with Crippen molar-refractivity contribution in [1.29, 1.82) is 0 Å². The Hall–Kier alpha value is -4.21. The van der Waals surface area contributed by atoms with Crippen LogP contribution in [-0.4, -0.2) is 36.2 Å². The van der Waals surface area contributed by atoms with Crippen LogP contribution in [0.3, 0.4) is 0 Å². The van der Waals surface area contributed by atoms with Crippen molar-refractivity contribution < 1.29 is 27.5 Å². The Morgan fingerprint density at radius 3 is 2.45 bits per heavy atom. The summed E-state index contributed by atoms with van der Waals surface area (Å²) >= 11 is 0. The molecule has 0 atom stereocenters. The van der Waals surface area contributed by atoms with Gasteiger partial charge in [-0.05, 0) is 48.0 Å². The van der Waals surface area contributed by atoms with Gasteiger partial charge in [0, 0.05) is 30.4 Å². The molecule has 10 heteroatoms. The van der Waals surface area contributed by atoms with Crippen molar-refractivity contribution in [3.8, 4) is 5.88 Å². The van der Waals surface area contributed by atoms with Crippen LogP contribution in [-0.2, 0) is 11.0 Å². The zero-order chi connectivity index (χ0) is 24.0. The predicted octanol–water partition coefficient (Wildman–Crippen LogP) is 4.43. The van der Waals surface area contributed by atoms with E-state index in [4.69, 9.17) is 4.74 Å². The van der Waals surface area contributed by atoms with E-state index in [1.165, 1.54) is 56.6 Å². The number of alkyl halides is 3. The molecule has 1 heterocycles. The van der Waals surface area contributed by atoms with Gasteiger partial charge < -0.3 is 15.0 Å². The van der Waals surface area contributed by atoms with Crippen LogP contribution in [0.5, 0.6) is 5.88 Å². The molecule has 0 saturated carbocycles. The fraction of sp³-hybridized carbons (Fsp3) is 0.130. The van der Waals surface area contributed by atoms with E-state index in [0.717, 1.165) is 17.0 Å². The Morgan fingerprint density at radius 2 is 1.79 bits per heavy atom. The topological polar surface area (TPSA) is 84.4 Å². The van der Waals surface area contributed by atoms with Gasteiger partial charge in [-0.25, -0.2) is 0 Å². The van der Waals surface area contributed by atoms with Gasteiger partial charge >= 0.3 is 6.18 Å². The number of nitrogens with zero attached hydrogens (tertiary/aromatic N) is 3. The second kappa shape index (κ2) is 9.94. The fourth-order valence-corrected chi connectivity index (χ4v) is 2.81. The number of hydrogen-bond donors (Lipinski definition) is 1. The second-order valence-corrected chi connectivity index (χ2v) is 6.82. The number of rotatable bonds is 6. The van der Waals surface area contributed by atoms with Gasteiger partial charge in [-0.2, -0.15) is 13.2 Å². The van der Waals surface area contributed by atoms with Gasteiger partial charge in [0.15, 0.2) is 5.82 Å². The van der Waals surface area contributed by atoms with Gasteiger partial charge in [0.1, 0.15) is 0 Å². The maximum atomic E-state index is 13.0. The first kappa shape index (κ1) is 23.5. The molecule has 170 valence electrons. The number of methoxy groups -OCH3 is 1. The minimum atomic E-state index is -4.51. The van der Waals surface area contributed by atoms with E-state index >= 15 is 0 Å². The molecule has 3 aromatic rings. The lowest BCUT2D eigenvalue weighted by atomic mass is 10.1. The molecule has 0 aliphatic carbocycles. The monoisotopic (exact) mass is 456 g/mol. The lowest BCUT2D eigenvalue weighted by Gasteiger charge is -2.19. The van der Waals surface area contributed by atoms with E-state index in [0.29, 0.717) is 11.4 Å². The Bertz CT molecular complexity index is 1180. The van der Waals surface area contributed by atoms with Gasteiger partial charge in [0.05, 0.1) is 12.7 Å². The highest BCUT2D eigenvalue weighted by molar-refractivity contribution is 6.06. The molecule has 0 unspecified atom stereocenters. The normalized spacial score (nSPS) is 11.3. The largest absolute Gasteiger partial charge is 0.480 e. The highest BCUT2D eigenvalue weighted by Gasteiger charge is 2.31. The van der Waals surface area contributed by atoms with Crippen LogP contribution in [0.15, 0.2) is 66.7 Å². The molecular formula is C23H19F3N4O3. The summed E-state index contributed by atoms with van der Waals surface area (Å²) in [5, 5.41) is 10.1. The first-order chi connectivity index (χ1) is 15.7. The molecule has 0 aliphatic rings. The molecular weight excluding hydrogens is 437 g/mol. The van der Waals surface area contributed by atoms with Crippen LogP contribution in [0.1, 0.15) is 21.5 Å². The summed E-state index contributed by atoms with van der Waals surface area (Å²) in [4.78, 5) is 26.0. The maximum Gasteiger partial charge on any atom is 0.416 e. The molecule has 0 spiro atoms. The number of aromatic nitrogens is 2. The summed E-state index contributed by atoms with van der Waals surface area (Å²) in [7, 11) is 2.84. The van der Waals surface area contributed by atoms with Crippen LogP contribution in [0.2, 0.25) is 0 Å². The van der Waals surface area contributed by atoms with E-state index < -0.39 is 23.6 Å². The van der Waals surface area contributed by atoms with Crippen LogP contribution in [0.25, 0.3) is 6.08 Å². The number of carbonyl (C=O) groups is 2. The molecule has 2 amide bonds. The predicted molar refractivity (Wildman–Crippen MR) is 117 cm³/mol. The summed E-state index contributed by atoms with van der Waals surface area (Å²) in [5.74, 6) is -0.424. The number of benzene rings is 2. The molecule has 2 aromatic carbocycles. The van der Waals surface area contributed by atoms with Crippen molar-refractivity contribution in [3.63, 3.8) is 0 Å². The maximum absolute atomic E-state index is 13.0. The van der Waals surface area contributed by atoms with Gasteiger partial charge in [-0.1, -0.05) is 18.2 Å². The van der Waals surface area contributed by atoms with Crippen molar-refractivity contribution in [2.24, 2.45) is 0 Å². The average Bonchev–Trinajstić information content (AvgIpc) is 2.82. The molecule has 0 aliphatic heterocycles. The van der Waals surface area contributed by atoms with Gasteiger partial charge in [0.2, 0.25) is 11.8 Å². The molecule has 33 heavy (non-hydrogen) atoms. The van der Waals surface area contributed by atoms with E-state index in [-0.39, 0.29) is 17.1 Å². The molecule has 1 N–H and O–H groups in total. The smallest absolute Gasteiger partial charge is 0.416 e. The molecule has 0 bridgehead atoms. The highest BCUT2D eigenvalue weighted by Crippen LogP contribution is 2.31. The van der Waals surface area contributed by atoms with Crippen LogP contribution >= 0.6 is 0 Å². The van der Waals surface area contributed by atoms with Crippen molar-refractivity contribution >= 4 is 29.4 Å². The number of halogens is 3. The zero-order valence-electron chi connectivity index (χ0n) is 17.6. The number of hydrogen-bond acceptors (Lipinski definition) is 5. The van der Waals surface area contributed by atoms with Crippen molar-refractivity contribution in [2.75, 3.05) is 24.4 Å². The molecule has 0 fully saturated rings. The molecule has 7 nitrogen and oxygen atoms in total. The minimum Gasteiger partial charge on any atom is -0.480 e. The summed E-state index contributed by atoms with van der Waals surface area (Å²) in [6, 6.07) is 13.9. The Kier molecular flexibility index (Phi) is 7.07. The van der Waals surface area contributed by atoms with Crippen molar-refractivity contribution in [2.45, 2.75) is 6.18 Å². The lowest BCUT2D eigenvalue weighted by Crippen LogP contribution is -2.26. The van der Waals surface area contributed by atoms with Crippen LogP contribution in [0.4, 0.5) is 24.7 Å². The van der Waals surface area contributed by atoms with Crippen LogP contribution in [0, 0.1) is 0 Å². The van der Waals surface area contributed by atoms with Gasteiger partial charge in [-0.15, -0.1) is 10.2 Å². The van der Waals surface area contributed by atoms with Crippen LogP contribution < -0.4 is 15.0 Å². The first-order valence-corrected chi connectivity index (χ1v) is 9.59. The third-order valence-corrected chi connectivity index (χ3v) is 4.53. The van der Waals surface area contributed by atoms with E-state index in [1.807, 2.05) is 0 Å². The molecule has 0 radical (unpaired) electrons. The fourth-order valence-electron chi connectivity index (χ4n) is 2.81. The lowest BCUT2D eigenvalue weighted by molar-refractivity contribution is -0.137. The Labute approximate surface area is 187 Å². The van der Waals surface area contributed by atoms with Crippen molar-refractivity contribution in [1.82, 2.24) is 10.2 Å². The summed E-state index contributed by atoms with van der Waals surface area (Å²) in [6.07, 6.45) is -1.76. The SMILES string of the molecule is COc1ccc(NC(=O)/C=C/c2cccc(C(=O)N(C)c3cccc(C(F)(F)F)c3)c2)nn1. The number of ether oxygens (including phenoxy) is 1. The molecule has 3 rings (SSSR count). The third kappa shape index (κ3) is 6.16. The molecule has 0 saturated heterocycles. The first-order valence-electron chi connectivity index (χ1n) is 9.59. The highest BCUT2D eigenvalue weighted by atomic mass is 19.4.